The largest absolute Gasteiger partial charge is 0.336 e. The summed E-state index contributed by atoms with van der Waals surface area (Å²) in [5.41, 5.74) is 7.76. The van der Waals surface area contributed by atoms with Crippen molar-refractivity contribution in [2.75, 3.05) is 13.1 Å². The Morgan fingerprint density at radius 1 is 1.13 bits per heavy atom. The van der Waals surface area contributed by atoms with E-state index in [0.717, 1.165) is 70.0 Å². The lowest BCUT2D eigenvalue weighted by Crippen LogP contribution is -2.20. The molecule has 0 saturated carbocycles. The van der Waals surface area contributed by atoms with Crippen molar-refractivity contribution in [2.24, 2.45) is 0 Å². The lowest BCUT2D eigenvalue weighted by Gasteiger charge is -2.13. The minimum atomic E-state index is 0.733. The number of hydrogen-bond donors (Lipinski definition) is 3. The fourth-order valence-corrected chi connectivity index (χ4v) is 4.02. The third kappa shape index (κ3) is 2.73. The van der Waals surface area contributed by atoms with Crippen LogP contribution in [0.1, 0.15) is 17.8 Å². The van der Waals surface area contributed by atoms with Crippen LogP contribution >= 0.6 is 0 Å². The van der Waals surface area contributed by atoms with Gasteiger partial charge in [0.2, 0.25) is 0 Å². The zero-order chi connectivity index (χ0) is 20.1. The Kier molecular flexibility index (Phi) is 3.78. The van der Waals surface area contributed by atoms with Gasteiger partial charge in [-0.05, 0) is 43.7 Å². The van der Waals surface area contributed by atoms with Crippen LogP contribution in [0, 0.1) is 6.92 Å². The van der Waals surface area contributed by atoms with Gasteiger partial charge < -0.3 is 14.9 Å². The van der Waals surface area contributed by atoms with Crippen molar-refractivity contribution >= 4 is 27.5 Å². The molecule has 8 heteroatoms. The average Bonchev–Trinajstić information content (AvgIpc) is 3.51. The predicted molar refractivity (Wildman–Crippen MR) is 116 cm³/mol. The second-order valence-electron chi connectivity index (χ2n) is 7.55. The Hall–Kier alpha value is -3.78. The van der Waals surface area contributed by atoms with Gasteiger partial charge in [0.1, 0.15) is 11.2 Å². The van der Waals surface area contributed by atoms with Crippen LogP contribution in [0.5, 0.6) is 0 Å². The Labute approximate surface area is 172 Å². The van der Waals surface area contributed by atoms with Crippen LogP contribution in [0.4, 0.5) is 0 Å². The summed E-state index contributed by atoms with van der Waals surface area (Å²) in [5, 5.41) is 12.0. The molecule has 4 aromatic heterocycles. The molecular weight excluding hydrogens is 376 g/mol. The number of benzene rings is 1. The number of fused-ring (bicyclic) bond motifs is 2. The van der Waals surface area contributed by atoms with Crippen LogP contribution in [0.2, 0.25) is 0 Å². The molecule has 1 aliphatic rings. The molecule has 0 saturated heterocycles. The van der Waals surface area contributed by atoms with Gasteiger partial charge in [-0.3, -0.25) is 10.1 Å². The Bertz CT molecular complexity index is 1420. The number of rotatable bonds is 3. The van der Waals surface area contributed by atoms with Gasteiger partial charge in [0, 0.05) is 18.1 Å². The lowest BCUT2D eigenvalue weighted by atomic mass is 10.0. The minimum absolute atomic E-state index is 0.733. The first-order chi connectivity index (χ1) is 14.8. The number of imidazole rings is 2. The minimum Gasteiger partial charge on any atom is -0.336 e. The summed E-state index contributed by atoms with van der Waals surface area (Å²) in [6.45, 7) is 3.84. The molecule has 30 heavy (non-hydrogen) atoms. The highest BCUT2D eigenvalue weighted by Gasteiger charge is 2.17. The highest BCUT2D eigenvalue weighted by atomic mass is 15.1. The molecule has 8 nitrogen and oxygen atoms in total. The number of aromatic amines is 2. The van der Waals surface area contributed by atoms with Crippen molar-refractivity contribution in [2.45, 2.75) is 13.3 Å². The van der Waals surface area contributed by atoms with E-state index in [4.69, 9.17) is 4.98 Å². The van der Waals surface area contributed by atoms with E-state index in [1.807, 2.05) is 48.4 Å². The van der Waals surface area contributed by atoms with Crippen molar-refractivity contribution in [3.63, 3.8) is 0 Å². The molecule has 0 atom stereocenters. The van der Waals surface area contributed by atoms with Crippen LogP contribution in [0.3, 0.4) is 0 Å². The summed E-state index contributed by atoms with van der Waals surface area (Å²) < 4.78 is 2.00. The van der Waals surface area contributed by atoms with Crippen molar-refractivity contribution in [1.82, 2.24) is 40.0 Å². The number of aryl methyl sites for hydroxylation is 1. The standard InChI is InChI=1S/C22H20N8/c1-13-11-30(12-25-13)19-4-2-3-16-21(19)27-22(26-16)20-15-9-17(14-5-7-23-8-6-14)24-10-18(15)28-29-20/h2-5,9-12,23H,6-8H2,1H3,(H,26,27)(H,28,29). The van der Waals surface area contributed by atoms with Gasteiger partial charge in [-0.25, -0.2) is 9.97 Å². The molecule has 0 aliphatic carbocycles. The monoisotopic (exact) mass is 396 g/mol. The van der Waals surface area contributed by atoms with Gasteiger partial charge in [-0.2, -0.15) is 5.10 Å². The molecule has 5 heterocycles. The quantitative estimate of drug-likeness (QED) is 0.434. The maximum atomic E-state index is 4.90. The van der Waals surface area contributed by atoms with Gasteiger partial charge in [0.05, 0.1) is 40.6 Å². The van der Waals surface area contributed by atoms with Gasteiger partial charge in [-0.15, -0.1) is 0 Å². The Morgan fingerprint density at radius 3 is 2.93 bits per heavy atom. The van der Waals surface area contributed by atoms with E-state index in [-0.39, 0.29) is 0 Å². The average molecular weight is 396 g/mol. The smallest absolute Gasteiger partial charge is 0.159 e. The number of H-pyrrole nitrogens is 2. The number of nitrogens with zero attached hydrogens (tertiary/aromatic N) is 5. The summed E-state index contributed by atoms with van der Waals surface area (Å²) in [6, 6.07) is 8.20. The summed E-state index contributed by atoms with van der Waals surface area (Å²) in [4.78, 5) is 17.3. The second-order valence-corrected chi connectivity index (χ2v) is 7.55. The highest BCUT2D eigenvalue weighted by molar-refractivity contribution is 5.95. The first-order valence-corrected chi connectivity index (χ1v) is 10.0. The Balaban J connectivity index is 1.49. The van der Waals surface area contributed by atoms with E-state index >= 15 is 0 Å². The van der Waals surface area contributed by atoms with Gasteiger partial charge >= 0.3 is 0 Å². The SMILES string of the molecule is Cc1cn(-c2cccc3[nH]c(-c4n[nH]c5cnc(C6=CCNCC6)cc45)nc23)cn1. The zero-order valence-electron chi connectivity index (χ0n) is 16.5. The molecule has 5 aromatic rings. The van der Waals surface area contributed by atoms with Crippen molar-refractivity contribution in [1.29, 1.82) is 0 Å². The van der Waals surface area contributed by atoms with Crippen LogP contribution in [0.25, 0.3) is 44.7 Å². The summed E-state index contributed by atoms with van der Waals surface area (Å²) in [5.74, 6) is 0.733. The molecule has 148 valence electrons. The van der Waals surface area contributed by atoms with Crippen LogP contribution in [-0.2, 0) is 0 Å². The van der Waals surface area contributed by atoms with E-state index in [9.17, 15) is 0 Å². The molecule has 1 aromatic carbocycles. The summed E-state index contributed by atoms with van der Waals surface area (Å²) in [7, 11) is 0. The fourth-order valence-electron chi connectivity index (χ4n) is 4.02. The number of para-hydroxylation sites is 1. The molecule has 0 spiro atoms. The topological polar surface area (TPSA) is 100 Å². The molecular formula is C22H20N8. The fraction of sp³-hybridized carbons (Fsp3) is 0.182. The van der Waals surface area contributed by atoms with E-state index in [1.54, 1.807) is 0 Å². The van der Waals surface area contributed by atoms with E-state index in [1.165, 1.54) is 5.57 Å². The molecule has 0 amide bonds. The molecule has 0 radical (unpaired) electrons. The first-order valence-electron chi connectivity index (χ1n) is 10.0. The number of pyridine rings is 1. The van der Waals surface area contributed by atoms with Crippen LogP contribution < -0.4 is 5.32 Å². The van der Waals surface area contributed by atoms with Crippen molar-refractivity contribution in [3.05, 3.63) is 60.5 Å². The van der Waals surface area contributed by atoms with Crippen LogP contribution in [0.15, 0.2) is 49.1 Å². The van der Waals surface area contributed by atoms with Gasteiger partial charge in [-0.1, -0.05) is 12.1 Å². The van der Waals surface area contributed by atoms with Gasteiger partial charge in [0.15, 0.2) is 5.82 Å². The predicted octanol–water partition coefficient (Wildman–Crippen LogP) is 3.37. The number of hydrogen-bond acceptors (Lipinski definition) is 5. The zero-order valence-corrected chi connectivity index (χ0v) is 16.5. The number of nitrogens with one attached hydrogen (secondary N) is 3. The Morgan fingerprint density at radius 2 is 2.10 bits per heavy atom. The maximum absolute atomic E-state index is 4.90. The molecule has 6 rings (SSSR count). The number of aromatic nitrogens is 7. The van der Waals surface area contributed by atoms with Crippen molar-refractivity contribution < 1.29 is 0 Å². The van der Waals surface area contributed by atoms with Crippen molar-refractivity contribution in [3.8, 4) is 17.2 Å². The molecule has 0 fully saturated rings. The van der Waals surface area contributed by atoms with E-state index < -0.39 is 0 Å². The third-order valence-electron chi connectivity index (χ3n) is 5.55. The highest BCUT2D eigenvalue weighted by Crippen LogP contribution is 2.30. The third-order valence-corrected chi connectivity index (χ3v) is 5.55. The van der Waals surface area contributed by atoms with Gasteiger partial charge in [0.25, 0.3) is 0 Å². The van der Waals surface area contributed by atoms with E-state index in [2.05, 4.69) is 42.6 Å². The molecule has 0 bridgehead atoms. The molecule has 3 N–H and O–H groups in total. The molecule has 1 aliphatic heterocycles. The summed E-state index contributed by atoms with van der Waals surface area (Å²) >= 11 is 0. The first kappa shape index (κ1) is 17.1. The summed E-state index contributed by atoms with van der Waals surface area (Å²) in [6.07, 6.45) is 8.85. The second kappa shape index (κ2) is 6.64. The van der Waals surface area contributed by atoms with E-state index in [0.29, 0.717) is 0 Å². The normalized spacial score (nSPS) is 14.5. The molecule has 0 unspecified atom stereocenters. The maximum Gasteiger partial charge on any atom is 0.159 e. The van der Waals surface area contributed by atoms with Crippen LogP contribution in [-0.4, -0.2) is 47.8 Å². The lowest BCUT2D eigenvalue weighted by molar-refractivity contribution is 0.737.